The first-order chi connectivity index (χ1) is 12.5. The lowest BCUT2D eigenvalue weighted by molar-refractivity contribution is -0.384. The largest absolute Gasteiger partial charge is 0.378 e. The van der Waals surface area contributed by atoms with E-state index in [0.29, 0.717) is 12.2 Å². The van der Waals surface area contributed by atoms with Crippen molar-refractivity contribution in [2.24, 2.45) is 5.73 Å². The van der Waals surface area contributed by atoms with E-state index in [-0.39, 0.29) is 24.6 Å². The summed E-state index contributed by atoms with van der Waals surface area (Å²) < 4.78 is 0. The SMILES string of the molecule is NC(=O)NC(CC(=O)NCCNc1ccccc1[N+](=O)[O-])c1cccs1. The predicted molar refractivity (Wildman–Crippen MR) is 99.0 cm³/mol. The van der Waals surface area contributed by atoms with Crippen LogP contribution in [0.25, 0.3) is 0 Å². The molecule has 2 rings (SSSR count). The van der Waals surface area contributed by atoms with Crippen LogP contribution in [0.4, 0.5) is 16.2 Å². The summed E-state index contributed by atoms with van der Waals surface area (Å²) in [7, 11) is 0. The maximum absolute atomic E-state index is 12.1. The fourth-order valence-electron chi connectivity index (χ4n) is 2.32. The minimum atomic E-state index is -0.700. The van der Waals surface area contributed by atoms with Gasteiger partial charge in [-0.25, -0.2) is 4.79 Å². The molecule has 1 atom stereocenters. The molecule has 0 aliphatic carbocycles. The average molecular weight is 377 g/mol. The molecule has 1 aromatic carbocycles. The monoisotopic (exact) mass is 377 g/mol. The predicted octanol–water partition coefficient (Wildman–Crippen LogP) is 1.98. The second-order valence-corrected chi connectivity index (χ2v) is 6.31. The van der Waals surface area contributed by atoms with Crippen LogP contribution < -0.4 is 21.7 Å². The molecule has 26 heavy (non-hydrogen) atoms. The number of nitro benzene ring substituents is 1. The first-order valence-corrected chi connectivity index (χ1v) is 8.68. The quantitative estimate of drug-likeness (QED) is 0.301. The van der Waals surface area contributed by atoms with E-state index in [1.807, 2.05) is 17.5 Å². The van der Waals surface area contributed by atoms with Crippen molar-refractivity contribution in [3.8, 4) is 0 Å². The Kier molecular flexibility index (Phi) is 6.92. The summed E-state index contributed by atoms with van der Waals surface area (Å²) in [5.74, 6) is -0.262. The number of nitro groups is 1. The van der Waals surface area contributed by atoms with Gasteiger partial charge in [0, 0.05) is 24.0 Å². The standard InChI is InChI=1S/C16H19N5O4S/c17-16(23)20-12(14-6-3-9-26-14)10-15(22)19-8-7-18-11-4-1-2-5-13(11)21(24)25/h1-6,9,12,18H,7-8,10H2,(H,19,22)(H3,17,20,23). The van der Waals surface area contributed by atoms with E-state index < -0.39 is 17.0 Å². The normalized spacial score (nSPS) is 11.4. The van der Waals surface area contributed by atoms with E-state index >= 15 is 0 Å². The molecule has 0 radical (unpaired) electrons. The molecule has 1 heterocycles. The zero-order valence-corrected chi connectivity index (χ0v) is 14.6. The van der Waals surface area contributed by atoms with Crippen LogP contribution in [0.15, 0.2) is 41.8 Å². The van der Waals surface area contributed by atoms with Gasteiger partial charge in [-0.2, -0.15) is 0 Å². The second kappa shape index (κ2) is 9.37. The molecule has 3 amide bonds. The number of nitrogens with two attached hydrogens (primary N) is 1. The fraction of sp³-hybridized carbons (Fsp3) is 0.250. The first kappa shape index (κ1) is 19.2. The lowest BCUT2D eigenvalue weighted by Crippen LogP contribution is -2.37. The number of para-hydroxylation sites is 2. The third-order valence-corrected chi connectivity index (χ3v) is 4.44. The summed E-state index contributed by atoms with van der Waals surface area (Å²) >= 11 is 1.42. The van der Waals surface area contributed by atoms with Crippen molar-refractivity contribution in [1.29, 1.82) is 0 Å². The number of anilines is 1. The summed E-state index contributed by atoms with van der Waals surface area (Å²) in [4.78, 5) is 34.5. The zero-order chi connectivity index (χ0) is 18.9. The molecular formula is C16H19N5O4S. The first-order valence-electron chi connectivity index (χ1n) is 7.80. The van der Waals surface area contributed by atoms with Crippen LogP contribution in [0.3, 0.4) is 0 Å². The smallest absolute Gasteiger partial charge is 0.312 e. The molecule has 0 spiro atoms. The Labute approximate surface area is 153 Å². The van der Waals surface area contributed by atoms with E-state index in [4.69, 9.17) is 5.73 Å². The van der Waals surface area contributed by atoms with E-state index in [1.54, 1.807) is 18.2 Å². The molecule has 0 saturated carbocycles. The van der Waals surface area contributed by atoms with Gasteiger partial charge >= 0.3 is 6.03 Å². The van der Waals surface area contributed by atoms with Gasteiger partial charge in [0.25, 0.3) is 5.69 Å². The van der Waals surface area contributed by atoms with E-state index in [1.165, 1.54) is 17.4 Å². The Morgan fingerprint density at radius 1 is 1.19 bits per heavy atom. The Hall–Kier alpha value is -3.14. The number of nitrogens with zero attached hydrogens (tertiary/aromatic N) is 1. The number of rotatable bonds is 9. The molecule has 1 unspecified atom stereocenters. The van der Waals surface area contributed by atoms with Gasteiger partial charge in [0.1, 0.15) is 5.69 Å². The van der Waals surface area contributed by atoms with Crippen molar-refractivity contribution >= 4 is 34.6 Å². The number of nitrogens with one attached hydrogen (secondary N) is 3. The van der Waals surface area contributed by atoms with Gasteiger partial charge in [0.05, 0.1) is 17.4 Å². The summed E-state index contributed by atoms with van der Waals surface area (Å²) in [5.41, 5.74) is 5.52. The number of primary amides is 1. The maximum Gasteiger partial charge on any atom is 0.312 e. The van der Waals surface area contributed by atoms with Gasteiger partial charge in [0.15, 0.2) is 0 Å². The third kappa shape index (κ3) is 5.74. The molecular weight excluding hydrogens is 358 g/mol. The van der Waals surface area contributed by atoms with Crippen LogP contribution in [0.2, 0.25) is 0 Å². The van der Waals surface area contributed by atoms with Crippen molar-refractivity contribution in [1.82, 2.24) is 10.6 Å². The molecule has 0 aliphatic heterocycles. The molecule has 9 nitrogen and oxygen atoms in total. The van der Waals surface area contributed by atoms with Crippen molar-refractivity contribution < 1.29 is 14.5 Å². The highest BCUT2D eigenvalue weighted by atomic mass is 32.1. The Morgan fingerprint density at radius 2 is 1.96 bits per heavy atom. The highest BCUT2D eigenvalue weighted by Crippen LogP contribution is 2.23. The molecule has 0 saturated heterocycles. The summed E-state index contributed by atoms with van der Waals surface area (Å²) in [6.45, 7) is 0.599. The summed E-state index contributed by atoms with van der Waals surface area (Å²) in [6.07, 6.45) is 0.0505. The van der Waals surface area contributed by atoms with Crippen LogP contribution in [-0.4, -0.2) is 30.0 Å². The number of benzene rings is 1. The number of hydrogen-bond acceptors (Lipinski definition) is 6. The second-order valence-electron chi connectivity index (χ2n) is 5.33. The molecule has 138 valence electrons. The molecule has 2 aromatic rings. The number of carbonyl (C=O) groups excluding carboxylic acids is 2. The number of thiophene rings is 1. The fourth-order valence-corrected chi connectivity index (χ4v) is 3.10. The van der Waals surface area contributed by atoms with Crippen LogP contribution in [0, 0.1) is 10.1 Å². The van der Waals surface area contributed by atoms with Gasteiger partial charge < -0.3 is 21.7 Å². The van der Waals surface area contributed by atoms with Gasteiger partial charge in [-0.05, 0) is 17.5 Å². The van der Waals surface area contributed by atoms with Crippen molar-refractivity contribution in [2.75, 3.05) is 18.4 Å². The van der Waals surface area contributed by atoms with E-state index in [9.17, 15) is 19.7 Å². The summed E-state index contributed by atoms with van der Waals surface area (Å²) in [6, 6.07) is 8.73. The minimum Gasteiger partial charge on any atom is -0.378 e. The number of amides is 3. The molecule has 0 aliphatic rings. The molecule has 1 aromatic heterocycles. The van der Waals surface area contributed by atoms with Crippen molar-refractivity contribution in [2.45, 2.75) is 12.5 Å². The highest BCUT2D eigenvalue weighted by Gasteiger charge is 2.18. The highest BCUT2D eigenvalue weighted by molar-refractivity contribution is 7.10. The Bertz CT molecular complexity index is 766. The van der Waals surface area contributed by atoms with Crippen LogP contribution in [0.1, 0.15) is 17.3 Å². The van der Waals surface area contributed by atoms with Gasteiger partial charge in [-0.15, -0.1) is 11.3 Å². The van der Waals surface area contributed by atoms with Gasteiger partial charge in [-0.3, -0.25) is 14.9 Å². The van der Waals surface area contributed by atoms with Crippen LogP contribution in [-0.2, 0) is 4.79 Å². The van der Waals surface area contributed by atoms with Crippen molar-refractivity contribution in [3.05, 3.63) is 56.8 Å². The maximum atomic E-state index is 12.1. The Balaban J connectivity index is 1.81. The van der Waals surface area contributed by atoms with Gasteiger partial charge in [-0.1, -0.05) is 18.2 Å². The lowest BCUT2D eigenvalue weighted by atomic mass is 10.1. The zero-order valence-electron chi connectivity index (χ0n) is 13.8. The minimum absolute atomic E-state index is 0.0257. The third-order valence-electron chi connectivity index (χ3n) is 3.46. The van der Waals surface area contributed by atoms with E-state index in [2.05, 4.69) is 16.0 Å². The van der Waals surface area contributed by atoms with E-state index in [0.717, 1.165) is 4.88 Å². The molecule has 0 bridgehead atoms. The topological polar surface area (TPSA) is 139 Å². The lowest BCUT2D eigenvalue weighted by Gasteiger charge is -2.16. The Morgan fingerprint density at radius 3 is 2.62 bits per heavy atom. The number of hydrogen-bond donors (Lipinski definition) is 4. The van der Waals surface area contributed by atoms with Crippen LogP contribution >= 0.6 is 11.3 Å². The van der Waals surface area contributed by atoms with Crippen LogP contribution in [0.5, 0.6) is 0 Å². The average Bonchev–Trinajstić information content (AvgIpc) is 3.12. The number of urea groups is 1. The van der Waals surface area contributed by atoms with Crippen molar-refractivity contribution in [3.63, 3.8) is 0 Å². The summed E-state index contributed by atoms with van der Waals surface area (Å²) in [5, 5.41) is 21.0. The molecule has 0 fully saturated rings. The molecule has 5 N–H and O–H groups in total. The number of carbonyl (C=O) groups is 2. The molecule has 10 heteroatoms. The van der Waals surface area contributed by atoms with Gasteiger partial charge in [0.2, 0.25) is 5.91 Å².